The van der Waals surface area contributed by atoms with Crippen molar-refractivity contribution >= 4 is 16.1 Å². The summed E-state index contributed by atoms with van der Waals surface area (Å²) in [6.07, 6.45) is 1.42. The van der Waals surface area contributed by atoms with Gasteiger partial charge in [-0.25, -0.2) is 0 Å². The van der Waals surface area contributed by atoms with Crippen LogP contribution in [0, 0.1) is 5.41 Å². The zero-order chi connectivity index (χ0) is 18.0. The molecule has 1 aromatic rings. The van der Waals surface area contributed by atoms with Crippen LogP contribution >= 0.6 is 0 Å². The lowest BCUT2D eigenvalue weighted by molar-refractivity contribution is -0.155. The Morgan fingerprint density at radius 1 is 1.38 bits per heavy atom. The van der Waals surface area contributed by atoms with Gasteiger partial charge in [-0.15, -0.1) is 0 Å². The number of esters is 1. The monoisotopic (exact) mass is 356 g/mol. The summed E-state index contributed by atoms with van der Waals surface area (Å²) in [7, 11) is -4.20. The van der Waals surface area contributed by atoms with Gasteiger partial charge in [0, 0.05) is 0 Å². The van der Waals surface area contributed by atoms with Crippen LogP contribution in [-0.2, 0) is 24.4 Å². The molecule has 2 rings (SSSR count). The van der Waals surface area contributed by atoms with Gasteiger partial charge in [0.25, 0.3) is 10.1 Å². The molecule has 134 valence electrons. The number of epoxide rings is 1. The van der Waals surface area contributed by atoms with Crippen LogP contribution < -0.4 is 0 Å². The Hall–Kier alpha value is -1.44. The molecule has 1 aliphatic rings. The molecule has 1 N–H and O–H groups in total. The molecule has 1 aliphatic heterocycles. The van der Waals surface area contributed by atoms with E-state index in [1.807, 2.05) is 20.8 Å². The predicted octanol–water partition coefficient (Wildman–Crippen LogP) is 2.79. The molecule has 1 aromatic carbocycles. The van der Waals surface area contributed by atoms with Crippen molar-refractivity contribution < 1.29 is 27.2 Å². The molecule has 1 heterocycles. The summed E-state index contributed by atoms with van der Waals surface area (Å²) in [5, 5.41) is 0. The second kappa shape index (κ2) is 7.21. The lowest BCUT2D eigenvalue weighted by Gasteiger charge is -2.27. The molecule has 2 unspecified atom stereocenters. The summed E-state index contributed by atoms with van der Waals surface area (Å²) in [6, 6.07) is 6.11. The van der Waals surface area contributed by atoms with Crippen LogP contribution in [-0.4, -0.2) is 38.3 Å². The molecule has 0 aromatic heterocycles. The minimum atomic E-state index is -4.20. The fourth-order valence-corrected chi connectivity index (χ4v) is 3.12. The number of hydrogen-bond acceptors (Lipinski definition) is 5. The van der Waals surface area contributed by atoms with E-state index in [0.29, 0.717) is 19.6 Å². The molecule has 1 fully saturated rings. The van der Waals surface area contributed by atoms with E-state index < -0.39 is 15.5 Å². The molecule has 0 saturated carbocycles. The number of carbonyl (C=O) groups is 1. The Kier molecular flexibility index (Phi) is 5.67. The van der Waals surface area contributed by atoms with E-state index in [0.717, 1.165) is 12.0 Å². The van der Waals surface area contributed by atoms with Gasteiger partial charge in [-0.1, -0.05) is 19.1 Å². The molecule has 0 amide bonds. The number of hydrogen-bond donors (Lipinski definition) is 1. The Bertz CT molecular complexity index is 674. The van der Waals surface area contributed by atoms with Gasteiger partial charge >= 0.3 is 5.97 Å². The summed E-state index contributed by atoms with van der Waals surface area (Å²) < 4.78 is 41.6. The quantitative estimate of drug-likeness (QED) is 0.437. The van der Waals surface area contributed by atoms with Crippen LogP contribution in [0.3, 0.4) is 0 Å². The molecule has 0 bridgehead atoms. The molecule has 2 atom stereocenters. The van der Waals surface area contributed by atoms with E-state index >= 15 is 0 Å². The first kappa shape index (κ1) is 18.9. The number of carbonyl (C=O) groups excluding carboxylic acids is 1. The van der Waals surface area contributed by atoms with E-state index in [1.54, 1.807) is 12.1 Å². The average molecular weight is 356 g/mol. The van der Waals surface area contributed by atoms with Crippen molar-refractivity contribution in [2.45, 2.75) is 50.5 Å². The standard InChI is InChI=1S/C17H24O6S/c1-4-12(13-5-7-15(8-6-13)24(19,20)21)9-17(2,3)16(18)23-11-14-10-22-14/h5-8,12,14H,4,9-11H2,1-3H3,(H,19,20,21). The van der Waals surface area contributed by atoms with Crippen molar-refractivity contribution in [1.82, 2.24) is 0 Å². The minimum Gasteiger partial charge on any atom is -0.462 e. The van der Waals surface area contributed by atoms with Gasteiger partial charge < -0.3 is 9.47 Å². The summed E-state index contributed by atoms with van der Waals surface area (Å²) in [5.74, 6) is -0.175. The second-order valence-electron chi connectivity index (χ2n) is 6.79. The van der Waals surface area contributed by atoms with Gasteiger partial charge in [0.05, 0.1) is 16.9 Å². The average Bonchev–Trinajstić information content (AvgIpc) is 3.33. The normalized spacial score (nSPS) is 18.9. The van der Waals surface area contributed by atoms with Crippen LogP contribution in [0.1, 0.15) is 45.1 Å². The summed E-state index contributed by atoms with van der Waals surface area (Å²) >= 11 is 0. The second-order valence-corrected chi connectivity index (χ2v) is 8.21. The third-order valence-corrected chi connectivity index (χ3v) is 5.12. The van der Waals surface area contributed by atoms with Crippen molar-refractivity contribution in [1.29, 1.82) is 0 Å². The van der Waals surface area contributed by atoms with Crippen LogP contribution in [0.5, 0.6) is 0 Å². The molecule has 0 spiro atoms. The molecule has 0 aliphatic carbocycles. The largest absolute Gasteiger partial charge is 0.462 e. The van der Waals surface area contributed by atoms with Crippen LogP contribution in [0.2, 0.25) is 0 Å². The molecular weight excluding hydrogens is 332 g/mol. The molecule has 24 heavy (non-hydrogen) atoms. The van der Waals surface area contributed by atoms with E-state index in [9.17, 15) is 13.2 Å². The number of rotatable bonds is 8. The van der Waals surface area contributed by atoms with Crippen molar-refractivity contribution in [2.24, 2.45) is 5.41 Å². The highest BCUT2D eigenvalue weighted by Gasteiger charge is 2.34. The number of benzene rings is 1. The molecule has 0 radical (unpaired) electrons. The van der Waals surface area contributed by atoms with Crippen LogP contribution in [0.15, 0.2) is 29.2 Å². The number of ether oxygens (including phenoxy) is 2. The van der Waals surface area contributed by atoms with Gasteiger partial charge in [-0.05, 0) is 50.3 Å². The summed E-state index contributed by atoms with van der Waals surface area (Å²) in [6.45, 7) is 6.64. The maximum absolute atomic E-state index is 12.3. The highest BCUT2D eigenvalue weighted by molar-refractivity contribution is 7.85. The fourth-order valence-electron chi connectivity index (χ4n) is 2.64. The first-order valence-corrected chi connectivity index (χ1v) is 9.44. The first-order valence-electron chi connectivity index (χ1n) is 8.00. The van der Waals surface area contributed by atoms with Gasteiger partial charge in [-0.2, -0.15) is 8.42 Å². The molecule has 7 heteroatoms. The van der Waals surface area contributed by atoms with Gasteiger partial charge in [-0.3, -0.25) is 9.35 Å². The zero-order valence-corrected chi connectivity index (χ0v) is 15.0. The van der Waals surface area contributed by atoms with Crippen molar-refractivity contribution in [3.05, 3.63) is 29.8 Å². The summed E-state index contributed by atoms with van der Waals surface area (Å²) in [4.78, 5) is 12.1. The van der Waals surface area contributed by atoms with Crippen LogP contribution in [0.25, 0.3) is 0 Å². The minimum absolute atomic E-state index is 0.0414. The lowest BCUT2D eigenvalue weighted by atomic mass is 9.79. The van der Waals surface area contributed by atoms with E-state index in [4.69, 9.17) is 14.0 Å². The van der Waals surface area contributed by atoms with Crippen molar-refractivity contribution in [2.75, 3.05) is 13.2 Å². The van der Waals surface area contributed by atoms with Crippen LogP contribution in [0.4, 0.5) is 0 Å². The maximum Gasteiger partial charge on any atom is 0.311 e. The Morgan fingerprint density at radius 2 is 1.96 bits per heavy atom. The Labute approximate surface area is 142 Å². The molecule has 1 saturated heterocycles. The van der Waals surface area contributed by atoms with Crippen molar-refractivity contribution in [3.63, 3.8) is 0 Å². The maximum atomic E-state index is 12.3. The SMILES string of the molecule is CCC(CC(C)(C)C(=O)OCC1CO1)c1ccc(S(=O)(=O)O)cc1. The smallest absolute Gasteiger partial charge is 0.311 e. The lowest BCUT2D eigenvalue weighted by Crippen LogP contribution is -2.29. The molecule has 6 nitrogen and oxygen atoms in total. The van der Waals surface area contributed by atoms with E-state index in [2.05, 4.69) is 0 Å². The zero-order valence-electron chi connectivity index (χ0n) is 14.2. The predicted molar refractivity (Wildman–Crippen MR) is 88.4 cm³/mol. The first-order chi connectivity index (χ1) is 11.1. The Morgan fingerprint density at radius 3 is 2.42 bits per heavy atom. The van der Waals surface area contributed by atoms with Gasteiger partial charge in [0.15, 0.2) is 0 Å². The fraction of sp³-hybridized carbons (Fsp3) is 0.588. The topological polar surface area (TPSA) is 93.2 Å². The highest BCUT2D eigenvalue weighted by Crippen LogP contribution is 2.35. The Balaban J connectivity index is 2.05. The summed E-state index contributed by atoms with van der Waals surface area (Å²) in [5.41, 5.74) is 0.272. The van der Waals surface area contributed by atoms with E-state index in [-0.39, 0.29) is 22.9 Å². The molecular formula is C17H24O6S. The third-order valence-electron chi connectivity index (χ3n) is 4.25. The van der Waals surface area contributed by atoms with E-state index in [1.165, 1.54) is 12.1 Å². The highest BCUT2D eigenvalue weighted by atomic mass is 32.2. The third kappa shape index (κ3) is 5.03. The van der Waals surface area contributed by atoms with Crippen molar-refractivity contribution in [3.8, 4) is 0 Å². The van der Waals surface area contributed by atoms with Gasteiger partial charge in [0.2, 0.25) is 0 Å². The van der Waals surface area contributed by atoms with Gasteiger partial charge in [0.1, 0.15) is 12.7 Å².